The number of nitrogens with zero attached hydrogens (tertiary/aromatic N) is 1. The SMILES string of the molecule is CNCc1cc2cc(c1)[C@@H](CCO)[C@@H](O)[C@H](C1=CCNC(N)=C1CNC1CCCC1)CO[C@@H]1[C@H]3Oc4c(cc5c(c4OC[C@H](O)CC=O)C(=O)c4cc(CO)ccc4C5=O)[C@@H](c4ccccc4N4CN[C@@H]5C(=O)N[C@H](N)N[C@H]54)[C@H]4CC[C@H](O)[C@H](C#C[C@@](O)([C@H]1O)[C@@H](O3)C1(CCCC1)OC4)C2. The van der Waals surface area contributed by atoms with Crippen molar-refractivity contribution < 1.29 is 78.6 Å². The van der Waals surface area contributed by atoms with Crippen molar-refractivity contribution in [1.82, 2.24) is 31.9 Å². The number of carbonyl (C=O) groups excluding carboxylic acids is 4. The van der Waals surface area contributed by atoms with Crippen LogP contribution in [0, 0.1) is 29.6 Å². The van der Waals surface area contributed by atoms with Crippen LogP contribution in [0.5, 0.6) is 11.5 Å². The number of ketones is 2. The average molecular weight is 1380 g/mol. The van der Waals surface area contributed by atoms with Gasteiger partial charge in [-0.3, -0.25) is 30.8 Å². The number of hydrogen-bond acceptors (Lipinski definition) is 24. The van der Waals surface area contributed by atoms with Crippen LogP contribution in [-0.4, -0.2) is 191 Å². The number of hydrogen-bond donors (Lipinski definition) is 15. The van der Waals surface area contributed by atoms with Gasteiger partial charge in [0.25, 0.3) is 0 Å². The van der Waals surface area contributed by atoms with E-state index in [9.17, 15) is 45.3 Å². The molecular formula is C75H93N9O16. The summed E-state index contributed by atoms with van der Waals surface area (Å²) in [6, 6.07) is 19.0. The summed E-state index contributed by atoms with van der Waals surface area (Å²) in [4.78, 5) is 59.5. The van der Waals surface area contributed by atoms with Gasteiger partial charge < -0.3 is 96.1 Å². The van der Waals surface area contributed by atoms with Crippen LogP contribution >= 0.6 is 0 Å². The number of benzene rings is 4. The normalized spacial score (nSPS) is 32.0. The van der Waals surface area contributed by atoms with E-state index in [2.05, 4.69) is 43.7 Å². The Bertz CT molecular complexity index is 3900. The Labute approximate surface area is 580 Å². The first-order chi connectivity index (χ1) is 48.4. The summed E-state index contributed by atoms with van der Waals surface area (Å²) in [5.41, 5.74) is 14.3. The predicted molar refractivity (Wildman–Crippen MR) is 365 cm³/mol. The first-order valence-electron chi connectivity index (χ1n) is 35.6. The molecule has 100 heavy (non-hydrogen) atoms. The molecule has 4 aromatic carbocycles. The summed E-state index contributed by atoms with van der Waals surface area (Å²) < 4.78 is 36.8. The molecule has 0 radical (unpaired) electrons. The summed E-state index contributed by atoms with van der Waals surface area (Å²) in [5, 5.41) is 108. The molecular weight excluding hydrogens is 1280 g/mol. The second-order valence-electron chi connectivity index (χ2n) is 28.8. The molecule has 7 heterocycles. The molecule has 1 amide bonds. The minimum atomic E-state index is -2.60. The number of aliphatic hydroxyl groups excluding tert-OH is 6. The quantitative estimate of drug-likeness (QED) is 0.0490. The Kier molecular flexibility index (Phi) is 20.5. The van der Waals surface area contributed by atoms with Crippen molar-refractivity contribution in [3.8, 4) is 23.3 Å². The number of anilines is 1. The van der Waals surface area contributed by atoms with E-state index in [0.29, 0.717) is 84.4 Å². The predicted octanol–water partition coefficient (Wildman–Crippen LogP) is 1.40. The highest BCUT2D eigenvalue weighted by Gasteiger charge is 2.65. The van der Waals surface area contributed by atoms with Crippen molar-refractivity contribution >= 4 is 29.4 Å². The highest BCUT2D eigenvalue weighted by Crippen LogP contribution is 2.55. The Morgan fingerprint density at radius 1 is 0.910 bits per heavy atom. The summed E-state index contributed by atoms with van der Waals surface area (Å²) in [5.74, 6) is 0.135. The molecule has 0 unspecified atom stereocenters. The number of aldehydes is 1. The fraction of sp³-hybridized carbons (Fsp3) is 0.547. The van der Waals surface area contributed by atoms with Gasteiger partial charge in [0.05, 0.1) is 61.9 Å². The van der Waals surface area contributed by atoms with Gasteiger partial charge in [-0.2, -0.15) is 0 Å². The number of ether oxygens (including phenoxy) is 5. The molecule has 0 aromatic heterocycles. The van der Waals surface area contributed by atoms with E-state index in [1.807, 2.05) is 60.5 Å². The standard InChI is InChI=1S/C75H93N9O16/c1-78-32-41-26-40-27-42-16-22-75(95)67(93)66(97-37-55(61(90)47(19-25-86)44(28-40)29-41)48-17-23-79-68(76)54(48)33-80-45-8-2-3-9-45)71-99-64-53(31-52-59(65(64)96-36-46(88)18-24-85)63(92)51-30-39(34-87)12-14-49(51)62(52)91)58(43(13-15-57(42)89)35-98-74(72(75)100-71)20-6-7-21-74)50-10-4-5-11-56(50)84-38-81-60-69(84)82-73(77)83-70(60)94/h4-5,10-12,14,17,24,26,28-31,42-43,45-47,55,57-58,60-61,66-67,69,71-73,78-82,86-90,93,95H,2-3,6-9,13,15,18-21,23,25,27,32-38,76-77H2,1H3,(H,83,94)/t42-,43+,46-,47-,55+,57+,58-,60+,61-,66+,67+,69+,71+,72+,73-,75-/m1/s1. The zero-order valence-corrected chi connectivity index (χ0v) is 56.2. The van der Waals surface area contributed by atoms with E-state index in [1.54, 1.807) is 12.1 Å². The van der Waals surface area contributed by atoms with Crippen molar-refractivity contribution in [2.24, 2.45) is 29.2 Å². The summed E-state index contributed by atoms with van der Waals surface area (Å²) in [7, 11) is 1.83. The van der Waals surface area contributed by atoms with Crippen LogP contribution in [0.2, 0.25) is 0 Å². The molecule has 25 nitrogen and oxygen atoms in total. The fourth-order valence-corrected chi connectivity index (χ4v) is 17.6. The third-order valence-corrected chi connectivity index (χ3v) is 22.6. The van der Waals surface area contributed by atoms with E-state index in [0.717, 1.165) is 36.8 Å². The molecule has 3 saturated heterocycles. The summed E-state index contributed by atoms with van der Waals surface area (Å²) >= 11 is 0. The van der Waals surface area contributed by atoms with Crippen LogP contribution < -0.4 is 57.7 Å². The number of dihydropyridines is 1. The van der Waals surface area contributed by atoms with Crippen molar-refractivity contribution in [2.75, 3.05) is 58.1 Å². The maximum Gasteiger partial charge on any atom is 0.242 e. The molecule has 10 aliphatic rings. The molecule has 14 rings (SSSR count). The molecule has 1 spiro atoms. The Morgan fingerprint density at radius 2 is 1.72 bits per heavy atom. The lowest BCUT2D eigenvalue weighted by atomic mass is 9.73. The first-order valence-corrected chi connectivity index (χ1v) is 35.6. The summed E-state index contributed by atoms with van der Waals surface area (Å²) in [6.45, 7) is -0.830. The van der Waals surface area contributed by atoms with Crippen molar-refractivity contribution in [3.05, 3.63) is 145 Å². The highest BCUT2D eigenvalue weighted by molar-refractivity contribution is 6.29. The number of para-hydroxylation sites is 1. The molecule has 16 atom stereocenters. The van der Waals surface area contributed by atoms with Crippen molar-refractivity contribution in [3.63, 3.8) is 0 Å². The second-order valence-corrected chi connectivity index (χ2v) is 28.8. The third-order valence-electron chi connectivity index (χ3n) is 22.6. The van der Waals surface area contributed by atoms with Gasteiger partial charge >= 0.3 is 0 Å². The lowest BCUT2D eigenvalue weighted by Gasteiger charge is -2.53. The topological polar surface area (TPSA) is 384 Å². The minimum absolute atomic E-state index is 0.0286. The molecule has 5 fully saturated rings. The van der Waals surface area contributed by atoms with Crippen molar-refractivity contribution in [2.45, 2.75) is 187 Å². The monoisotopic (exact) mass is 1380 g/mol. The Balaban J connectivity index is 1.05. The molecule has 7 aliphatic heterocycles. The number of carbonyl (C=O) groups is 4. The highest BCUT2D eigenvalue weighted by atomic mass is 16.7. The van der Waals surface area contributed by atoms with Gasteiger partial charge in [0.15, 0.2) is 28.7 Å². The number of aliphatic hydroxyl groups is 7. The maximum atomic E-state index is 15.8. The smallest absolute Gasteiger partial charge is 0.242 e. The average Bonchev–Trinajstić information content (AvgIpc) is 0.757. The second kappa shape index (κ2) is 29.3. The van der Waals surface area contributed by atoms with Gasteiger partial charge in [0.1, 0.15) is 55.5 Å². The number of fused-ring (bicyclic) bond motifs is 12. The van der Waals surface area contributed by atoms with Gasteiger partial charge in [0, 0.05) is 90.0 Å². The molecule has 3 aliphatic carbocycles. The number of nitrogens with one attached hydrogen (secondary N) is 6. The van der Waals surface area contributed by atoms with Gasteiger partial charge in [-0.05, 0) is 122 Å². The maximum absolute atomic E-state index is 15.8. The lowest BCUT2D eigenvalue weighted by molar-refractivity contribution is -0.336. The van der Waals surface area contributed by atoms with Crippen LogP contribution in [0.3, 0.4) is 0 Å². The zero-order valence-electron chi connectivity index (χ0n) is 56.2. The molecule has 8 bridgehead atoms. The minimum Gasteiger partial charge on any atom is -0.486 e. The van der Waals surface area contributed by atoms with E-state index in [-0.39, 0.29) is 103 Å². The lowest BCUT2D eigenvalue weighted by Crippen LogP contribution is -2.72. The molecule has 2 saturated carbocycles. The molecule has 17 N–H and O–H groups in total. The first kappa shape index (κ1) is 69.9. The fourth-order valence-electron chi connectivity index (χ4n) is 17.6. The van der Waals surface area contributed by atoms with Crippen LogP contribution in [0.1, 0.15) is 154 Å². The van der Waals surface area contributed by atoms with Crippen LogP contribution in [0.25, 0.3) is 0 Å². The van der Waals surface area contributed by atoms with E-state index >= 15 is 9.59 Å². The van der Waals surface area contributed by atoms with Crippen molar-refractivity contribution in [1.29, 1.82) is 0 Å². The van der Waals surface area contributed by atoms with E-state index < -0.39 is 140 Å². The molecule has 4 aromatic rings. The Morgan fingerprint density at radius 3 is 2.50 bits per heavy atom. The van der Waals surface area contributed by atoms with Gasteiger partial charge in [-0.1, -0.05) is 86.1 Å². The van der Waals surface area contributed by atoms with E-state index in [4.69, 9.17) is 35.2 Å². The summed E-state index contributed by atoms with van der Waals surface area (Å²) in [6.07, 6.45) is -4.70. The van der Waals surface area contributed by atoms with Gasteiger partial charge in [0.2, 0.25) is 12.2 Å². The number of nitrogens with two attached hydrogens (primary N) is 2. The van der Waals surface area contributed by atoms with Gasteiger partial charge in [-0.25, -0.2) is 0 Å². The molecule has 534 valence electrons. The number of rotatable bonds is 16. The van der Waals surface area contributed by atoms with Crippen LogP contribution in [0.4, 0.5) is 5.69 Å². The van der Waals surface area contributed by atoms with Crippen LogP contribution in [0.15, 0.2) is 89.8 Å². The van der Waals surface area contributed by atoms with Gasteiger partial charge in [-0.15, -0.1) is 0 Å². The Hall–Kier alpha value is -7.20. The zero-order chi connectivity index (χ0) is 69.7. The number of amides is 1. The largest absolute Gasteiger partial charge is 0.486 e. The van der Waals surface area contributed by atoms with Crippen LogP contribution in [-0.2, 0) is 43.4 Å². The van der Waals surface area contributed by atoms with E-state index in [1.165, 1.54) is 12.1 Å². The third kappa shape index (κ3) is 13.1. The molecule has 25 heteroatoms.